The van der Waals surface area contributed by atoms with Gasteiger partial charge in [0.15, 0.2) is 0 Å². The van der Waals surface area contributed by atoms with Gasteiger partial charge in [-0.1, -0.05) is 0 Å². The van der Waals surface area contributed by atoms with E-state index in [-0.39, 0.29) is 0 Å². The molecule has 1 amide bonds. The second kappa shape index (κ2) is 5.29. The van der Waals surface area contributed by atoms with Crippen LogP contribution in [0.15, 0.2) is 12.5 Å². The Bertz CT molecular complexity index is 377. The van der Waals surface area contributed by atoms with E-state index in [1.807, 2.05) is 17.4 Å². The van der Waals surface area contributed by atoms with Crippen molar-refractivity contribution in [3.8, 4) is 0 Å². The molecule has 0 spiro atoms. The average Bonchev–Trinajstić information content (AvgIpc) is 2.76. The van der Waals surface area contributed by atoms with E-state index in [1.165, 1.54) is 12.8 Å². The molecule has 0 aliphatic carbocycles. The molecule has 1 aliphatic rings. The minimum absolute atomic E-state index is 0.295. The van der Waals surface area contributed by atoms with Crippen molar-refractivity contribution in [3.05, 3.63) is 18.2 Å². The second-order valence-electron chi connectivity index (χ2n) is 4.45. The molecule has 1 saturated heterocycles. The van der Waals surface area contributed by atoms with Crippen LogP contribution in [0.5, 0.6) is 0 Å². The molecule has 1 aromatic heterocycles. The zero-order valence-corrected chi connectivity index (χ0v) is 14.1. The normalized spacial score (nSPS) is 20.6. The van der Waals surface area contributed by atoms with E-state index in [4.69, 9.17) is 0 Å². The number of hydrogen-bond acceptors (Lipinski definition) is 2. The number of aromatic nitrogens is 2. The van der Waals surface area contributed by atoms with Crippen LogP contribution >= 0.6 is 0 Å². The molecule has 2 rings (SSSR count). The molecule has 0 saturated carbocycles. The molecule has 0 radical (unpaired) electrons. The topological polar surface area (TPSA) is 38.1 Å². The van der Waals surface area contributed by atoms with Crippen molar-refractivity contribution in [1.29, 1.82) is 0 Å². The molecule has 1 atom stereocenters. The van der Waals surface area contributed by atoms with Gasteiger partial charge in [-0.2, -0.15) is 0 Å². The van der Waals surface area contributed by atoms with Crippen molar-refractivity contribution >= 4 is 32.0 Å². The Hall–Kier alpha value is -0.398. The van der Waals surface area contributed by atoms with Gasteiger partial charge in [-0.05, 0) is 0 Å². The standard InChI is InChI=1S/C11H16N3O.Tl/c1-2-3-9-4-11(15)14(6-9)7-10-5-12-8-13-10;/h5,8-9H,2-4,6-7H2,1H3;/q-1;+1. The summed E-state index contributed by atoms with van der Waals surface area (Å²) in [4.78, 5) is 18.0. The van der Waals surface area contributed by atoms with Gasteiger partial charge < -0.3 is 0 Å². The summed E-state index contributed by atoms with van der Waals surface area (Å²) in [5.41, 5.74) is 1.02. The SMILES string of the molecule is CCCC1CC(=O)N(Cc2c[n]([Tl])cn2)C1. The van der Waals surface area contributed by atoms with Crippen LogP contribution in [0.1, 0.15) is 31.9 Å². The molecular formula is C11H16N3OTl. The average molecular weight is 411 g/mol. The molecule has 0 bridgehead atoms. The Kier molecular flexibility index (Phi) is 3.99. The molecular weight excluding hydrogens is 395 g/mol. The van der Waals surface area contributed by atoms with Crippen molar-refractivity contribution in [3.63, 3.8) is 0 Å². The molecule has 0 N–H and O–H groups in total. The van der Waals surface area contributed by atoms with Crippen molar-refractivity contribution in [2.45, 2.75) is 32.7 Å². The van der Waals surface area contributed by atoms with Crippen LogP contribution < -0.4 is 0 Å². The zero-order valence-electron chi connectivity index (χ0n) is 9.59. The quantitative estimate of drug-likeness (QED) is 0.694. The number of amides is 1. The van der Waals surface area contributed by atoms with E-state index >= 15 is 0 Å². The Morgan fingerprint density at radius 2 is 2.44 bits per heavy atom. The van der Waals surface area contributed by atoms with Crippen LogP contribution in [-0.4, -0.2) is 50.8 Å². The first-order valence-electron chi connectivity index (χ1n) is 5.74. The molecule has 1 unspecified atom stereocenters. The molecule has 1 aliphatic heterocycles. The fourth-order valence-corrected chi connectivity index (χ4v) is 3.19. The predicted octanol–water partition coefficient (Wildman–Crippen LogP) is 0.963. The summed E-state index contributed by atoms with van der Waals surface area (Å²) in [5, 5.41) is 0. The zero-order chi connectivity index (χ0) is 11.5. The van der Waals surface area contributed by atoms with Gasteiger partial charge in [-0.3, -0.25) is 0 Å². The molecule has 84 valence electrons. The van der Waals surface area contributed by atoms with Crippen LogP contribution in [0.4, 0.5) is 0 Å². The third-order valence-electron chi connectivity index (χ3n) is 3.00. The van der Waals surface area contributed by atoms with Gasteiger partial charge in [0.2, 0.25) is 0 Å². The summed E-state index contributed by atoms with van der Waals surface area (Å²) < 4.78 is 2.08. The first-order chi connectivity index (χ1) is 7.69. The summed E-state index contributed by atoms with van der Waals surface area (Å²) in [6, 6.07) is 0. The van der Waals surface area contributed by atoms with Gasteiger partial charge in [-0.15, -0.1) is 0 Å². The third-order valence-corrected chi connectivity index (χ3v) is 4.10. The molecule has 2 heterocycles. The third kappa shape index (κ3) is 2.84. The van der Waals surface area contributed by atoms with E-state index in [0.29, 0.717) is 18.4 Å². The fourth-order valence-electron chi connectivity index (χ4n) is 2.27. The van der Waals surface area contributed by atoms with E-state index < -0.39 is 0 Å². The molecule has 1 aromatic rings. The maximum absolute atomic E-state index is 11.8. The number of carbonyl (C=O) groups is 1. The van der Waals surface area contributed by atoms with Gasteiger partial charge in [0.1, 0.15) is 0 Å². The van der Waals surface area contributed by atoms with Gasteiger partial charge in [0, 0.05) is 0 Å². The number of carbonyl (C=O) groups excluding carboxylic acids is 1. The summed E-state index contributed by atoms with van der Waals surface area (Å²) in [7, 11) is 0. The van der Waals surface area contributed by atoms with Crippen LogP contribution in [0.25, 0.3) is 0 Å². The Labute approximate surface area is 112 Å². The number of imidazole rings is 1. The summed E-state index contributed by atoms with van der Waals surface area (Å²) in [6.45, 7) is 3.79. The molecule has 1 fully saturated rings. The van der Waals surface area contributed by atoms with Gasteiger partial charge in [0.05, 0.1) is 0 Å². The fraction of sp³-hybridized carbons (Fsp3) is 0.636. The van der Waals surface area contributed by atoms with E-state index in [2.05, 4.69) is 14.3 Å². The monoisotopic (exact) mass is 411 g/mol. The minimum atomic E-state index is 0.295. The molecule has 0 aromatic carbocycles. The Morgan fingerprint density at radius 1 is 1.62 bits per heavy atom. The van der Waals surface area contributed by atoms with E-state index in [1.54, 1.807) is 0 Å². The van der Waals surface area contributed by atoms with E-state index in [0.717, 1.165) is 44.7 Å². The van der Waals surface area contributed by atoms with Crippen LogP contribution in [0.2, 0.25) is 0 Å². The van der Waals surface area contributed by atoms with Crippen molar-refractivity contribution in [2.24, 2.45) is 5.92 Å². The predicted molar refractivity (Wildman–Crippen MR) is 61.8 cm³/mol. The van der Waals surface area contributed by atoms with Crippen molar-refractivity contribution in [1.82, 2.24) is 12.3 Å². The summed E-state index contributed by atoms with van der Waals surface area (Å²) in [6.07, 6.45) is 6.97. The number of rotatable bonds is 4. The van der Waals surface area contributed by atoms with Crippen molar-refractivity contribution in [2.75, 3.05) is 6.54 Å². The molecule has 4 nitrogen and oxygen atoms in total. The molecule has 5 heteroatoms. The Balaban J connectivity index is 1.93. The van der Waals surface area contributed by atoms with Gasteiger partial charge in [0.25, 0.3) is 0 Å². The summed E-state index contributed by atoms with van der Waals surface area (Å²) >= 11 is 0.758. The number of likely N-dealkylation sites (tertiary alicyclic amines) is 1. The number of hydrogen-bond donors (Lipinski definition) is 0. The first-order valence-corrected chi connectivity index (χ1v) is 7.75. The number of nitrogens with zero attached hydrogens (tertiary/aromatic N) is 3. The van der Waals surface area contributed by atoms with Crippen LogP contribution in [0, 0.1) is 5.92 Å². The van der Waals surface area contributed by atoms with Crippen LogP contribution in [0.3, 0.4) is 0 Å². The van der Waals surface area contributed by atoms with Crippen LogP contribution in [-0.2, 0) is 11.3 Å². The van der Waals surface area contributed by atoms with Gasteiger partial charge >= 0.3 is 112 Å². The van der Waals surface area contributed by atoms with E-state index in [9.17, 15) is 4.79 Å². The Morgan fingerprint density at radius 3 is 3.06 bits per heavy atom. The maximum atomic E-state index is 11.8. The molecule has 16 heavy (non-hydrogen) atoms. The first kappa shape index (κ1) is 12.1. The summed E-state index contributed by atoms with van der Waals surface area (Å²) in [5.74, 6) is 0.862. The second-order valence-corrected chi connectivity index (χ2v) is 6.76. The van der Waals surface area contributed by atoms with Gasteiger partial charge in [-0.25, -0.2) is 0 Å². The van der Waals surface area contributed by atoms with Crippen molar-refractivity contribution < 1.29 is 4.79 Å².